The molecular weight excluding hydrogens is 286 g/mol. The number of pyridine rings is 1. The normalized spacial score (nSPS) is 18.8. The molecule has 1 aromatic rings. The summed E-state index contributed by atoms with van der Waals surface area (Å²) in [5.41, 5.74) is 0.640. The molecule has 0 aromatic carbocycles. The summed E-state index contributed by atoms with van der Waals surface area (Å²) in [5.74, 6) is 0.733. The number of piperazine rings is 1. The average Bonchev–Trinajstić information content (AvgIpc) is 2.56. The Balaban J connectivity index is 1.59. The molecular formula is C14H19N5O3. The van der Waals surface area contributed by atoms with E-state index < -0.39 is 0 Å². The molecule has 3 rings (SSSR count). The highest BCUT2D eigenvalue weighted by Crippen LogP contribution is 2.15. The number of amides is 3. The Hall–Kier alpha value is -2.35. The Bertz CT molecular complexity index is 542. The van der Waals surface area contributed by atoms with Crippen molar-refractivity contribution in [1.29, 1.82) is 0 Å². The molecule has 2 fully saturated rings. The van der Waals surface area contributed by atoms with Crippen LogP contribution in [0.5, 0.6) is 0 Å². The SMILES string of the molecule is O=C1CN(c2ccc(NC(=O)N3CCOCC3)cn2)CCN1. The van der Waals surface area contributed by atoms with Crippen LogP contribution in [-0.4, -0.2) is 67.8 Å². The van der Waals surface area contributed by atoms with Gasteiger partial charge in [0.05, 0.1) is 31.6 Å². The van der Waals surface area contributed by atoms with Gasteiger partial charge in [0, 0.05) is 26.2 Å². The standard InChI is InChI=1S/C14H19N5O3/c20-13-10-19(4-3-15-13)12-2-1-11(9-16-12)17-14(21)18-5-7-22-8-6-18/h1-2,9H,3-8,10H2,(H,15,20)(H,17,21). The Labute approximate surface area is 128 Å². The summed E-state index contributed by atoms with van der Waals surface area (Å²) < 4.78 is 5.22. The molecule has 8 heteroatoms. The van der Waals surface area contributed by atoms with E-state index in [9.17, 15) is 9.59 Å². The van der Waals surface area contributed by atoms with Crippen LogP contribution in [0.25, 0.3) is 0 Å². The summed E-state index contributed by atoms with van der Waals surface area (Å²) in [4.78, 5) is 31.4. The molecule has 0 bridgehead atoms. The second-order valence-electron chi connectivity index (χ2n) is 5.21. The minimum atomic E-state index is -0.143. The van der Waals surface area contributed by atoms with Crippen LogP contribution in [0.2, 0.25) is 0 Å². The van der Waals surface area contributed by atoms with Crippen molar-refractivity contribution in [3.05, 3.63) is 18.3 Å². The number of hydrogen-bond acceptors (Lipinski definition) is 5. The van der Waals surface area contributed by atoms with Gasteiger partial charge in [0.1, 0.15) is 5.82 Å². The lowest BCUT2D eigenvalue weighted by Crippen LogP contribution is -2.48. The number of carbonyl (C=O) groups is 2. The first-order valence-corrected chi connectivity index (χ1v) is 7.34. The molecule has 0 spiro atoms. The smallest absolute Gasteiger partial charge is 0.322 e. The third-order valence-electron chi connectivity index (χ3n) is 3.66. The molecule has 0 saturated carbocycles. The molecule has 118 valence electrons. The van der Waals surface area contributed by atoms with Gasteiger partial charge in [0.25, 0.3) is 0 Å². The molecule has 2 N–H and O–H groups in total. The van der Waals surface area contributed by atoms with Crippen LogP contribution in [0.1, 0.15) is 0 Å². The van der Waals surface area contributed by atoms with Gasteiger partial charge in [0.2, 0.25) is 5.91 Å². The zero-order valence-electron chi connectivity index (χ0n) is 12.2. The minimum Gasteiger partial charge on any atom is -0.378 e. The molecule has 22 heavy (non-hydrogen) atoms. The third kappa shape index (κ3) is 3.45. The molecule has 3 amide bonds. The van der Waals surface area contributed by atoms with Crippen LogP contribution in [0, 0.1) is 0 Å². The Morgan fingerprint density at radius 3 is 2.77 bits per heavy atom. The van der Waals surface area contributed by atoms with Crippen molar-refractivity contribution >= 4 is 23.4 Å². The van der Waals surface area contributed by atoms with Gasteiger partial charge in [-0.2, -0.15) is 0 Å². The molecule has 2 aliphatic heterocycles. The number of carbonyl (C=O) groups excluding carboxylic acids is 2. The largest absolute Gasteiger partial charge is 0.378 e. The van der Waals surface area contributed by atoms with Crippen molar-refractivity contribution in [3.63, 3.8) is 0 Å². The first kappa shape index (κ1) is 14.6. The highest BCUT2D eigenvalue weighted by Gasteiger charge is 2.19. The molecule has 2 aliphatic rings. The average molecular weight is 305 g/mol. The quantitative estimate of drug-likeness (QED) is 0.795. The van der Waals surface area contributed by atoms with Crippen LogP contribution in [0.4, 0.5) is 16.3 Å². The van der Waals surface area contributed by atoms with Gasteiger partial charge >= 0.3 is 6.03 Å². The van der Waals surface area contributed by atoms with E-state index in [2.05, 4.69) is 15.6 Å². The topological polar surface area (TPSA) is 86.8 Å². The second-order valence-corrected chi connectivity index (χ2v) is 5.21. The van der Waals surface area contributed by atoms with Gasteiger partial charge in [-0.25, -0.2) is 9.78 Å². The number of nitrogens with one attached hydrogen (secondary N) is 2. The van der Waals surface area contributed by atoms with Gasteiger partial charge in [0.15, 0.2) is 0 Å². The summed E-state index contributed by atoms with van der Waals surface area (Å²) in [6, 6.07) is 3.47. The molecule has 8 nitrogen and oxygen atoms in total. The first-order chi connectivity index (χ1) is 10.7. The predicted molar refractivity (Wildman–Crippen MR) is 80.9 cm³/mol. The molecule has 2 saturated heterocycles. The van der Waals surface area contributed by atoms with Crippen LogP contribution in [0.3, 0.4) is 0 Å². The fourth-order valence-electron chi connectivity index (χ4n) is 2.45. The van der Waals surface area contributed by atoms with E-state index in [0.29, 0.717) is 45.1 Å². The number of urea groups is 1. The molecule has 0 radical (unpaired) electrons. The lowest BCUT2D eigenvalue weighted by atomic mass is 10.3. The number of morpholine rings is 1. The number of aromatic nitrogens is 1. The Morgan fingerprint density at radius 2 is 2.09 bits per heavy atom. The number of hydrogen-bond donors (Lipinski definition) is 2. The van der Waals surface area contributed by atoms with Crippen LogP contribution >= 0.6 is 0 Å². The highest BCUT2D eigenvalue weighted by atomic mass is 16.5. The van der Waals surface area contributed by atoms with E-state index in [1.807, 2.05) is 11.0 Å². The van der Waals surface area contributed by atoms with Crippen molar-refractivity contribution in [3.8, 4) is 0 Å². The van der Waals surface area contributed by atoms with E-state index in [-0.39, 0.29) is 11.9 Å². The maximum atomic E-state index is 12.1. The Kier molecular flexibility index (Phi) is 4.38. The van der Waals surface area contributed by atoms with E-state index in [4.69, 9.17) is 4.74 Å². The zero-order chi connectivity index (χ0) is 15.4. The summed E-state index contributed by atoms with van der Waals surface area (Å²) in [6.45, 7) is 4.00. The third-order valence-corrected chi connectivity index (χ3v) is 3.66. The number of ether oxygens (including phenoxy) is 1. The van der Waals surface area contributed by atoms with E-state index >= 15 is 0 Å². The summed E-state index contributed by atoms with van der Waals surface area (Å²) in [7, 11) is 0. The molecule has 0 unspecified atom stereocenters. The molecule has 1 aromatic heterocycles. The lowest BCUT2D eigenvalue weighted by molar-refractivity contribution is -0.120. The van der Waals surface area contributed by atoms with Crippen molar-refractivity contribution in [1.82, 2.24) is 15.2 Å². The van der Waals surface area contributed by atoms with E-state index in [1.54, 1.807) is 17.2 Å². The molecule has 0 aliphatic carbocycles. The van der Waals surface area contributed by atoms with Crippen LogP contribution in [0.15, 0.2) is 18.3 Å². The van der Waals surface area contributed by atoms with Crippen LogP contribution in [-0.2, 0) is 9.53 Å². The van der Waals surface area contributed by atoms with Gasteiger partial charge in [-0.1, -0.05) is 0 Å². The Morgan fingerprint density at radius 1 is 1.27 bits per heavy atom. The fraction of sp³-hybridized carbons (Fsp3) is 0.500. The van der Waals surface area contributed by atoms with Crippen molar-refractivity contribution in [2.45, 2.75) is 0 Å². The first-order valence-electron chi connectivity index (χ1n) is 7.34. The lowest BCUT2D eigenvalue weighted by Gasteiger charge is -2.28. The van der Waals surface area contributed by atoms with Crippen LogP contribution < -0.4 is 15.5 Å². The molecule has 3 heterocycles. The summed E-state index contributed by atoms with van der Waals surface area (Å²) in [6.07, 6.45) is 1.61. The number of nitrogens with zero attached hydrogens (tertiary/aromatic N) is 3. The monoisotopic (exact) mass is 305 g/mol. The molecule has 0 atom stereocenters. The number of anilines is 2. The maximum Gasteiger partial charge on any atom is 0.322 e. The fourth-order valence-corrected chi connectivity index (χ4v) is 2.45. The van der Waals surface area contributed by atoms with Gasteiger partial charge in [-0.15, -0.1) is 0 Å². The predicted octanol–water partition coefficient (Wildman–Crippen LogP) is -0.118. The summed E-state index contributed by atoms with van der Waals surface area (Å²) in [5, 5.41) is 5.60. The van der Waals surface area contributed by atoms with Crippen molar-refractivity contribution in [2.24, 2.45) is 0 Å². The van der Waals surface area contributed by atoms with Gasteiger partial charge < -0.3 is 25.2 Å². The van der Waals surface area contributed by atoms with Gasteiger partial charge in [-0.3, -0.25) is 4.79 Å². The minimum absolute atomic E-state index is 0.00209. The highest BCUT2D eigenvalue weighted by molar-refractivity contribution is 5.89. The van der Waals surface area contributed by atoms with E-state index in [0.717, 1.165) is 12.4 Å². The van der Waals surface area contributed by atoms with Crippen molar-refractivity contribution < 1.29 is 14.3 Å². The van der Waals surface area contributed by atoms with Crippen molar-refractivity contribution in [2.75, 3.05) is 56.2 Å². The summed E-state index contributed by atoms with van der Waals surface area (Å²) >= 11 is 0. The maximum absolute atomic E-state index is 12.1. The number of rotatable bonds is 2. The van der Waals surface area contributed by atoms with Gasteiger partial charge in [-0.05, 0) is 12.1 Å². The zero-order valence-corrected chi connectivity index (χ0v) is 12.2. The van der Waals surface area contributed by atoms with E-state index in [1.165, 1.54) is 0 Å². The second kappa shape index (κ2) is 6.61.